The van der Waals surface area contributed by atoms with Crippen LogP contribution in [0.4, 0.5) is 13.2 Å². The fourth-order valence-electron chi connectivity index (χ4n) is 1.09. The molecule has 5 heteroatoms. The largest absolute Gasteiger partial charge is 0.403 e. The van der Waals surface area contributed by atoms with E-state index in [0.717, 1.165) is 0 Å². The Hall–Kier alpha value is -1.03. The summed E-state index contributed by atoms with van der Waals surface area (Å²) in [5.41, 5.74) is -0.139. The van der Waals surface area contributed by atoms with Gasteiger partial charge < -0.3 is 0 Å². The highest BCUT2D eigenvalue weighted by Crippen LogP contribution is 2.36. The first-order valence-electron chi connectivity index (χ1n) is 3.74. The summed E-state index contributed by atoms with van der Waals surface area (Å²) in [6, 6.07) is 6.86. The second kappa shape index (κ2) is 4.00. The lowest BCUT2D eigenvalue weighted by atomic mass is 10.0. The summed E-state index contributed by atoms with van der Waals surface area (Å²) < 4.78 is 37.1. The average molecular weight is 223 g/mol. The highest BCUT2D eigenvalue weighted by atomic mass is 35.5. The zero-order valence-electron chi connectivity index (χ0n) is 6.88. The second-order valence-electron chi connectivity index (χ2n) is 2.69. The molecule has 0 aromatic heterocycles. The lowest BCUT2D eigenvalue weighted by Gasteiger charge is -2.16. The molecule has 1 aromatic rings. The van der Waals surface area contributed by atoms with Crippen LogP contribution in [0.1, 0.15) is 11.5 Å². The molecule has 14 heavy (non-hydrogen) atoms. The Morgan fingerprint density at radius 3 is 2.07 bits per heavy atom. The number of carbonyl (C=O) groups excluding carboxylic acids is 1. The van der Waals surface area contributed by atoms with Gasteiger partial charge in [-0.05, 0) is 17.2 Å². The van der Waals surface area contributed by atoms with Crippen molar-refractivity contribution in [2.45, 2.75) is 12.1 Å². The molecule has 76 valence electrons. The maximum absolute atomic E-state index is 12.4. The predicted molar refractivity (Wildman–Crippen MR) is 46.1 cm³/mol. The SMILES string of the molecule is O=C(Cl)[C@H](c1ccccc1)C(F)(F)F. The van der Waals surface area contributed by atoms with Crippen molar-refractivity contribution in [2.24, 2.45) is 0 Å². The molecule has 0 saturated heterocycles. The van der Waals surface area contributed by atoms with E-state index in [1.54, 1.807) is 6.07 Å². The zero-order chi connectivity index (χ0) is 10.8. The van der Waals surface area contributed by atoms with E-state index in [1.807, 2.05) is 0 Å². The van der Waals surface area contributed by atoms with E-state index >= 15 is 0 Å². The summed E-state index contributed by atoms with van der Waals surface area (Å²) in [6.07, 6.45) is -4.64. The van der Waals surface area contributed by atoms with Gasteiger partial charge in [-0.3, -0.25) is 4.79 Å². The van der Waals surface area contributed by atoms with Gasteiger partial charge in [-0.15, -0.1) is 0 Å². The third kappa shape index (κ3) is 2.48. The Morgan fingerprint density at radius 2 is 1.71 bits per heavy atom. The Morgan fingerprint density at radius 1 is 1.21 bits per heavy atom. The number of alkyl halides is 3. The summed E-state index contributed by atoms with van der Waals surface area (Å²) in [5.74, 6) is -2.23. The molecule has 0 aliphatic carbocycles. The highest BCUT2D eigenvalue weighted by molar-refractivity contribution is 6.64. The standard InChI is InChI=1S/C9H6ClF3O/c10-8(14)7(9(11,12)13)6-4-2-1-3-5-6/h1-5,7H/t7-/m0/s1. The van der Waals surface area contributed by atoms with Crippen molar-refractivity contribution in [3.8, 4) is 0 Å². The molecule has 0 fully saturated rings. The average Bonchev–Trinajstić information content (AvgIpc) is 2.02. The fourth-order valence-corrected chi connectivity index (χ4v) is 1.34. The Labute approximate surface area is 83.5 Å². The van der Waals surface area contributed by atoms with Crippen LogP contribution in [-0.2, 0) is 4.79 Å². The minimum Gasteiger partial charge on any atom is -0.280 e. The van der Waals surface area contributed by atoms with Gasteiger partial charge in [-0.25, -0.2) is 0 Å². The molecule has 0 amide bonds. The van der Waals surface area contributed by atoms with Crippen molar-refractivity contribution in [3.05, 3.63) is 35.9 Å². The van der Waals surface area contributed by atoms with Crippen LogP contribution >= 0.6 is 11.6 Å². The van der Waals surface area contributed by atoms with Crippen LogP contribution in [0.25, 0.3) is 0 Å². The van der Waals surface area contributed by atoms with Crippen molar-refractivity contribution >= 4 is 16.8 Å². The van der Waals surface area contributed by atoms with Gasteiger partial charge in [0.1, 0.15) is 0 Å². The second-order valence-corrected chi connectivity index (χ2v) is 3.06. The normalized spacial score (nSPS) is 13.7. The molecule has 1 rings (SSSR count). The Balaban J connectivity index is 3.08. The van der Waals surface area contributed by atoms with Crippen LogP contribution in [-0.4, -0.2) is 11.4 Å². The smallest absolute Gasteiger partial charge is 0.280 e. The quantitative estimate of drug-likeness (QED) is 0.703. The molecule has 1 aromatic carbocycles. The molecule has 0 spiro atoms. The monoisotopic (exact) mass is 222 g/mol. The molecule has 1 atom stereocenters. The fraction of sp³-hybridized carbons (Fsp3) is 0.222. The molecular weight excluding hydrogens is 217 g/mol. The number of halogens is 4. The third-order valence-electron chi connectivity index (χ3n) is 1.69. The molecule has 0 saturated carbocycles. The maximum atomic E-state index is 12.4. The van der Waals surface area contributed by atoms with Crippen molar-refractivity contribution < 1.29 is 18.0 Å². The van der Waals surface area contributed by atoms with Gasteiger partial charge in [0.15, 0.2) is 5.92 Å². The van der Waals surface area contributed by atoms with E-state index in [0.29, 0.717) is 0 Å². The molecular formula is C9H6ClF3O. The number of carbonyl (C=O) groups is 1. The molecule has 0 unspecified atom stereocenters. The van der Waals surface area contributed by atoms with Gasteiger partial charge in [0.05, 0.1) is 0 Å². The third-order valence-corrected chi connectivity index (χ3v) is 1.91. The summed E-state index contributed by atoms with van der Waals surface area (Å²) in [6.45, 7) is 0. The van der Waals surface area contributed by atoms with E-state index in [1.165, 1.54) is 24.3 Å². The van der Waals surface area contributed by atoms with Crippen LogP contribution in [0, 0.1) is 0 Å². The van der Waals surface area contributed by atoms with E-state index in [2.05, 4.69) is 0 Å². The molecule has 0 aliphatic rings. The molecule has 0 bridgehead atoms. The molecule has 0 radical (unpaired) electrons. The number of benzene rings is 1. The summed E-state index contributed by atoms with van der Waals surface area (Å²) in [7, 11) is 0. The Bertz CT molecular complexity index is 321. The van der Waals surface area contributed by atoms with E-state index in [-0.39, 0.29) is 5.56 Å². The topological polar surface area (TPSA) is 17.1 Å². The van der Waals surface area contributed by atoms with Crippen LogP contribution in [0.3, 0.4) is 0 Å². The number of hydrogen-bond acceptors (Lipinski definition) is 1. The summed E-state index contributed by atoms with van der Waals surface area (Å²) in [4.78, 5) is 10.6. The van der Waals surface area contributed by atoms with Gasteiger partial charge >= 0.3 is 6.18 Å². The predicted octanol–water partition coefficient (Wildman–Crippen LogP) is 3.10. The van der Waals surface area contributed by atoms with Gasteiger partial charge in [0, 0.05) is 0 Å². The minimum atomic E-state index is -4.64. The first-order chi connectivity index (χ1) is 6.43. The number of rotatable bonds is 2. The van der Waals surface area contributed by atoms with Gasteiger partial charge in [0.25, 0.3) is 0 Å². The van der Waals surface area contributed by atoms with Crippen LogP contribution in [0.2, 0.25) is 0 Å². The summed E-state index contributed by atoms with van der Waals surface area (Å²) >= 11 is 4.90. The van der Waals surface area contributed by atoms with Crippen LogP contribution < -0.4 is 0 Å². The van der Waals surface area contributed by atoms with Crippen molar-refractivity contribution in [3.63, 3.8) is 0 Å². The van der Waals surface area contributed by atoms with Crippen LogP contribution in [0.5, 0.6) is 0 Å². The van der Waals surface area contributed by atoms with Crippen molar-refractivity contribution in [2.75, 3.05) is 0 Å². The van der Waals surface area contributed by atoms with Gasteiger partial charge in [-0.2, -0.15) is 13.2 Å². The van der Waals surface area contributed by atoms with Gasteiger partial charge in [0.2, 0.25) is 5.24 Å². The van der Waals surface area contributed by atoms with Crippen molar-refractivity contribution in [1.82, 2.24) is 0 Å². The van der Waals surface area contributed by atoms with E-state index in [9.17, 15) is 18.0 Å². The first kappa shape index (κ1) is 11.0. The number of hydrogen-bond donors (Lipinski definition) is 0. The highest BCUT2D eigenvalue weighted by Gasteiger charge is 2.45. The minimum absolute atomic E-state index is 0.139. The van der Waals surface area contributed by atoms with E-state index < -0.39 is 17.3 Å². The van der Waals surface area contributed by atoms with E-state index in [4.69, 9.17) is 11.6 Å². The Kier molecular flexibility index (Phi) is 3.16. The molecule has 0 N–H and O–H groups in total. The first-order valence-corrected chi connectivity index (χ1v) is 4.11. The van der Waals surface area contributed by atoms with Gasteiger partial charge in [-0.1, -0.05) is 30.3 Å². The summed E-state index contributed by atoms with van der Waals surface area (Å²) in [5, 5.41) is -1.41. The molecule has 1 nitrogen and oxygen atoms in total. The lowest BCUT2D eigenvalue weighted by Crippen LogP contribution is -2.25. The maximum Gasteiger partial charge on any atom is 0.403 e. The lowest BCUT2D eigenvalue weighted by molar-refractivity contribution is -0.158. The van der Waals surface area contributed by atoms with Crippen LogP contribution in [0.15, 0.2) is 30.3 Å². The molecule has 0 heterocycles. The molecule has 0 aliphatic heterocycles. The zero-order valence-corrected chi connectivity index (χ0v) is 7.64. The van der Waals surface area contributed by atoms with Crippen molar-refractivity contribution in [1.29, 1.82) is 0 Å².